The number of allylic oxidation sites excluding steroid dienone is 1. The van der Waals surface area contributed by atoms with Crippen LogP contribution < -0.4 is 14.8 Å². The first kappa shape index (κ1) is 13.2. The maximum atomic E-state index is 12.3. The van der Waals surface area contributed by atoms with Crippen molar-refractivity contribution in [3.8, 4) is 11.5 Å². The lowest BCUT2D eigenvalue weighted by molar-refractivity contribution is 0.104. The van der Waals surface area contributed by atoms with Crippen molar-refractivity contribution in [1.82, 2.24) is 0 Å². The topological polar surface area (TPSA) is 47.6 Å². The molecule has 0 saturated carbocycles. The molecule has 1 N–H and O–H groups in total. The highest BCUT2D eigenvalue weighted by molar-refractivity contribution is 6.20. The van der Waals surface area contributed by atoms with Crippen LogP contribution in [0.1, 0.15) is 15.9 Å². The van der Waals surface area contributed by atoms with Crippen LogP contribution >= 0.6 is 0 Å². The third-order valence-electron chi connectivity index (χ3n) is 3.40. The fourth-order valence-corrected chi connectivity index (χ4v) is 2.35. The van der Waals surface area contributed by atoms with Crippen molar-refractivity contribution in [1.29, 1.82) is 0 Å². The van der Waals surface area contributed by atoms with Crippen LogP contribution in [0.15, 0.2) is 48.2 Å². The molecular weight excluding hydrogens is 266 g/mol. The van der Waals surface area contributed by atoms with Gasteiger partial charge in [-0.25, -0.2) is 0 Å². The Morgan fingerprint density at radius 3 is 2.48 bits per heavy atom. The lowest BCUT2D eigenvalue weighted by Gasteiger charge is -2.08. The maximum Gasteiger partial charge on any atom is 0.211 e. The van der Waals surface area contributed by atoms with E-state index in [-0.39, 0.29) is 5.78 Å². The van der Waals surface area contributed by atoms with E-state index < -0.39 is 0 Å². The van der Waals surface area contributed by atoms with Crippen LogP contribution in [0.25, 0.3) is 6.08 Å². The number of anilines is 1. The molecule has 106 valence electrons. The molecule has 21 heavy (non-hydrogen) atoms. The Labute approximate surface area is 123 Å². The molecule has 0 unspecified atom stereocenters. The molecule has 3 rings (SSSR count). The summed E-state index contributed by atoms with van der Waals surface area (Å²) in [6, 6.07) is 13.0. The Hall–Kier alpha value is -2.75. The molecule has 0 aliphatic carbocycles. The smallest absolute Gasteiger partial charge is 0.211 e. The second kappa shape index (κ2) is 5.32. The molecule has 0 saturated heterocycles. The summed E-state index contributed by atoms with van der Waals surface area (Å²) in [5.74, 6) is 1.30. The molecule has 0 fully saturated rings. The van der Waals surface area contributed by atoms with Crippen LogP contribution in [-0.2, 0) is 0 Å². The highest BCUT2D eigenvalue weighted by atomic mass is 16.5. The van der Waals surface area contributed by atoms with Crippen LogP contribution in [0.3, 0.4) is 0 Å². The number of methoxy groups -OCH3 is 2. The number of rotatable bonds is 3. The Bertz CT molecular complexity index is 735. The van der Waals surface area contributed by atoms with Crippen molar-refractivity contribution in [2.45, 2.75) is 0 Å². The van der Waals surface area contributed by atoms with Gasteiger partial charge in [-0.05, 0) is 35.9 Å². The second-order valence-electron chi connectivity index (χ2n) is 4.67. The average Bonchev–Trinajstić information content (AvgIpc) is 2.84. The molecule has 2 aromatic rings. The van der Waals surface area contributed by atoms with Crippen molar-refractivity contribution in [2.75, 3.05) is 19.5 Å². The Kier molecular flexibility index (Phi) is 3.36. The van der Waals surface area contributed by atoms with E-state index in [2.05, 4.69) is 5.32 Å². The van der Waals surface area contributed by atoms with Gasteiger partial charge in [0.1, 0.15) is 0 Å². The lowest BCUT2D eigenvalue weighted by atomic mass is 10.1. The zero-order valence-corrected chi connectivity index (χ0v) is 11.8. The number of Topliss-reactive ketones (excluding diaryl/α,β-unsaturated/α-hetero) is 1. The monoisotopic (exact) mass is 281 g/mol. The van der Waals surface area contributed by atoms with Crippen LogP contribution in [0.4, 0.5) is 5.69 Å². The van der Waals surface area contributed by atoms with Gasteiger partial charge in [-0.15, -0.1) is 0 Å². The summed E-state index contributed by atoms with van der Waals surface area (Å²) in [5, 5.41) is 3.14. The lowest BCUT2D eigenvalue weighted by Crippen LogP contribution is -2.00. The summed E-state index contributed by atoms with van der Waals surface area (Å²) in [7, 11) is 3.18. The van der Waals surface area contributed by atoms with Crippen molar-refractivity contribution < 1.29 is 14.3 Å². The molecule has 1 heterocycles. The molecule has 0 aromatic heterocycles. The van der Waals surface area contributed by atoms with E-state index in [1.54, 1.807) is 14.2 Å². The minimum absolute atomic E-state index is 0.000356. The maximum absolute atomic E-state index is 12.3. The van der Waals surface area contributed by atoms with Gasteiger partial charge in [-0.1, -0.05) is 18.2 Å². The van der Waals surface area contributed by atoms with Crippen molar-refractivity contribution in [3.63, 3.8) is 0 Å². The van der Waals surface area contributed by atoms with Crippen LogP contribution in [-0.4, -0.2) is 20.0 Å². The van der Waals surface area contributed by atoms with E-state index >= 15 is 0 Å². The summed E-state index contributed by atoms with van der Waals surface area (Å²) in [6.07, 6.45) is 1.81. The number of carbonyl (C=O) groups is 1. The number of hydrogen-bond donors (Lipinski definition) is 1. The minimum Gasteiger partial charge on any atom is -0.493 e. The summed E-state index contributed by atoms with van der Waals surface area (Å²) in [6.45, 7) is 0. The Morgan fingerprint density at radius 1 is 1.00 bits per heavy atom. The highest BCUT2D eigenvalue weighted by Gasteiger charge is 2.23. The zero-order valence-electron chi connectivity index (χ0n) is 11.8. The summed E-state index contributed by atoms with van der Waals surface area (Å²) in [4.78, 5) is 12.3. The van der Waals surface area contributed by atoms with Gasteiger partial charge in [0.15, 0.2) is 11.5 Å². The fraction of sp³-hybridized carbons (Fsp3) is 0.118. The first-order valence-corrected chi connectivity index (χ1v) is 6.57. The van der Waals surface area contributed by atoms with E-state index in [1.807, 2.05) is 48.5 Å². The molecule has 0 bridgehead atoms. The zero-order chi connectivity index (χ0) is 14.8. The predicted octanol–water partition coefficient (Wildman–Crippen LogP) is 3.35. The normalized spacial score (nSPS) is 14.8. The molecule has 1 aliphatic heterocycles. The Balaban J connectivity index is 1.95. The Morgan fingerprint density at radius 2 is 1.76 bits per heavy atom. The molecule has 0 radical (unpaired) electrons. The van der Waals surface area contributed by atoms with Crippen LogP contribution in [0.2, 0.25) is 0 Å². The number of nitrogens with one attached hydrogen (secondary N) is 1. The second-order valence-corrected chi connectivity index (χ2v) is 4.67. The number of para-hydroxylation sites is 1. The standard InChI is InChI=1S/C17H15NO3/c1-20-15-8-7-11(10-16(15)21-2)9-14-17(19)12-5-3-4-6-13(12)18-14/h3-10,18H,1-2H3/b14-9-. The predicted molar refractivity (Wildman–Crippen MR) is 81.9 cm³/mol. The first-order chi connectivity index (χ1) is 10.2. The summed E-state index contributed by atoms with van der Waals surface area (Å²) >= 11 is 0. The molecule has 2 aromatic carbocycles. The van der Waals surface area contributed by atoms with Gasteiger partial charge in [0.05, 0.1) is 19.9 Å². The number of carbonyl (C=O) groups excluding carboxylic acids is 1. The van der Waals surface area contributed by atoms with E-state index in [9.17, 15) is 4.79 Å². The molecule has 0 amide bonds. The quantitative estimate of drug-likeness (QED) is 0.876. The van der Waals surface area contributed by atoms with Crippen molar-refractivity contribution in [3.05, 3.63) is 59.3 Å². The molecule has 4 heteroatoms. The van der Waals surface area contributed by atoms with E-state index in [0.717, 1.165) is 11.3 Å². The van der Waals surface area contributed by atoms with Gasteiger partial charge in [0.2, 0.25) is 5.78 Å². The number of benzene rings is 2. The van der Waals surface area contributed by atoms with Crippen molar-refractivity contribution in [2.24, 2.45) is 0 Å². The first-order valence-electron chi connectivity index (χ1n) is 6.57. The SMILES string of the molecule is COc1ccc(/C=C2\Nc3ccccc3C2=O)cc1OC. The van der Waals surface area contributed by atoms with E-state index in [1.165, 1.54) is 0 Å². The van der Waals surface area contributed by atoms with E-state index in [0.29, 0.717) is 22.8 Å². The highest BCUT2D eigenvalue weighted by Crippen LogP contribution is 2.31. The molecule has 1 aliphatic rings. The summed E-state index contributed by atoms with van der Waals surface area (Å²) < 4.78 is 10.5. The molecular formula is C17H15NO3. The van der Waals surface area contributed by atoms with Gasteiger partial charge in [0, 0.05) is 11.3 Å². The molecule has 0 atom stereocenters. The molecule has 0 spiro atoms. The number of hydrogen-bond acceptors (Lipinski definition) is 4. The fourth-order valence-electron chi connectivity index (χ4n) is 2.35. The van der Waals surface area contributed by atoms with Gasteiger partial charge in [0.25, 0.3) is 0 Å². The van der Waals surface area contributed by atoms with Gasteiger partial charge in [-0.3, -0.25) is 4.79 Å². The number of ketones is 1. The van der Waals surface area contributed by atoms with Gasteiger partial charge in [-0.2, -0.15) is 0 Å². The van der Waals surface area contributed by atoms with Gasteiger partial charge >= 0.3 is 0 Å². The van der Waals surface area contributed by atoms with Crippen molar-refractivity contribution >= 4 is 17.5 Å². The third-order valence-corrected chi connectivity index (χ3v) is 3.40. The summed E-state index contributed by atoms with van der Waals surface area (Å²) in [5.41, 5.74) is 2.97. The van der Waals surface area contributed by atoms with Crippen LogP contribution in [0, 0.1) is 0 Å². The third kappa shape index (κ3) is 2.36. The number of ether oxygens (including phenoxy) is 2. The van der Waals surface area contributed by atoms with Crippen LogP contribution in [0.5, 0.6) is 11.5 Å². The number of fused-ring (bicyclic) bond motifs is 1. The average molecular weight is 281 g/mol. The van der Waals surface area contributed by atoms with E-state index in [4.69, 9.17) is 9.47 Å². The largest absolute Gasteiger partial charge is 0.493 e. The molecule has 4 nitrogen and oxygen atoms in total. The van der Waals surface area contributed by atoms with Gasteiger partial charge < -0.3 is 14.8 Å². The minimum atomic E-state index is 0.000356.